The number of nitrogens with zero attached hydrogens (tertiary/aromatic N) is 1. The van der Waals surface area contributed by atoms with E-state index >= 15 is 0 Å². The summed E-state index contributed by atoms with van der Waals surface area (Å²) in [5.41, 5.74) is -0.137. The first-order valence-electron chi connectivity index (χ1n) is 5.93. The van der Waals surface area contributed by atoms with Crippen molar-refractivity contribution in [1.82, 2.24) is 0 Å². The molecule has 0 aliphatic rings. The van der Waals surface area contributed by atoms with Gasteiger partial charge in [-0.15, -0.1) is 0 Å². The molecule has 2 aromatic carbocycles. The Morgan fingerprint density at radius 3 is 1.85 bits per heavy atom. The minimum Gasteiger partial charge on any atom is -0.411 e. The van der Waals surface area contributed by atoms with Crippen LogP contribution in [-0.4, -0.2) is 17.1 Å². The van der Waals surface area contributed by atoms with E-state index in [1.54, 1.807) is 24.3 Å². The molecule has 0 aromatic heterocycles. The van der Waals surface area contributed by atoms with Gasteiger partial charge >= 0.3 is 6.18 Å². The van der Waals surface area contributed by atoms with Crippen LogP contribution in [0.25, 0.3) is 0 Å². The number of halogens is 3. The molecule has 1 atom stereocenters. The highest BCUT2D eigenvalue weighted by Crippen LogP contribution is 2.37. The van der Waals surface area contributed by atoms with Crippen molar-refractivity contribution in [2.75, 3.05) is 0 Å². The van der Waals surface area contributed by atoms with Gasteiger partial charge < -0.3 is 5.21 Å². The van der Waals surface area contributed by atoms with Gasteiger partial charge in [0, 0.05) is 5.56 Å². The normalized spacial score (nSPS) is 14.1. The van der Waals surface area contributed by atoms with E-state index in [1.807, 2.05) is 0 Å². The first kappa shape index (κ1) is 14.1. The summed E-state index contributed by atoms with van der Waals surface area (Å²) in [5.74, 6) is -1.96. The lowest BCUT2D eigenvalue weighted by Crippen LogP contribution is -2.29. The molecule has 0 heterocycles. The predicted molar refractivity (Wildman–Crippen MR) is 70.0 cm³/mol. The molecule has 2 aromatic rings. The zero-order chi connectivity index (χ0) is 14.6. The Morgan fingerprint density at radius 1 is 0.900 bits per heavy atom. The molecular formula is C15H12F3NO. The van der Waals surface area contributed by atoms with Crippen molar-refractivity contribution in [3.63, 3.8) is 0 Å². The molecule has 0 bridgehead atoms. The quantitative estimate of drug-likeness (QED) is 0.509. The van der Waals surface area contributed by atoms with Gasteiger partial charge in [0.15, 0.2) is 0 Å². The van der Waals surface area contributed by atoms with E-state index in [1.165, 1.54) is 36.4 Å². The lowest BCUT2D eigenvalue weighted by Gasteiger charge is -2.21. The lowest BCUT2D eigenvalue weighted by molar-refractivity contribution is -0.135. The zero-order valence-electron chi connectivity index (χ0n) is 10.4. The van der Waals surface area contributed by atoms with Gasteiger partial charge in [0.1, 0.15) is 11.6 Å². The fraction of sp³-hybridized carbons (Fsp3) is 0.133. The van der Waals surface area contributed by atoms with E-state index in [0.717, 1.165) is 0 Å². The molecule has 0 aliphatic heterocycles. The summed E-state index contributed by atoms with van der Waals surface area (Å²) in [6, 6.07) is 15.3. The largest absolute Gasteiger partial charge is 0.411 e. The number of oxime groups is 1. The molecule has 0 saturated heterocycles. The third kappa shape index (κ3) is 2.99. The van der Waals surface area contributed by atoms with E-state index in [4.69, 9.17) is 5.21 Å². The minimum atomic E-state index is -4.54. The molecule has 2 rings (SSSR count). The summed E-state index contributed by atoms with van der Waals surface area (Å²) in [5, 5.41) is 12.0. The maximum atomic E-state index is 13.3. The van der Waals surface area contributed by atoms with Gasteiger partial charge in [-0.25, -0.2) is 0 Å². The number of alkyl halides is 3. The number of hydrogen-bond acceptors (Lipinski definition) is 2. The Morgan fingerprint density at radius 2 is 1.40 bits per heavy atom. The van der Waals surface area contributed by atoms with Gasteiger partial charge in [-0.1, -0.05) is 65.8 Å². The number of hydrogen-bond donors (Lipinski definition) is 1. The number of rotatable bonds is 3. The average molecular weight is 279 g/mol. The van der Waals surface area contributed by atoms with Gasteiger partial charge in [-0.2, -0.15) is 13.2 Å². The van der Waals surface area contributed by atoms with E-state index < -0.39 is 17.8 Å². The molecule has 0 spiro atoms. The highest BCUT2D eigenvalue weighted by Gasteiger charge is 2.44. The van der Waals surface area contributed by atoms with E-state index in [0.29, 0.717) is 0 Å². The monoisotopic (exact) mass is 279 g/mol. The van der Waals surface area contributed by atoms with Crippen molar-refractivity contribution in [1.29, 1.82) is 0 Å². The SMILES string of the molecule is O/N=C(\c1ccccc1)[C@H](c1ccccc1)C(F)(F)F. The highest BCUT2D eigenvalue weighted by molar-refractivity contribution is 6.05. The smallest absolute Gasteiger partial charge is 0.401 e. The first-order valence-corrected chi connectivity index (χ1v) is 5.93. The Hall–Kier alpha value is -2.30. The molecule has 0 fully saturated rings. The second kappa shape index (κ2) is 5.77. The van der Waals surface area contributed by atoms with Crippen LogP contribution >= 0.6 is 0 Å². The summed E-state index contributed by atoms with van der Waals surface area (Å²) in [6.07, 6.45) is -4.54. The zero-order valence-corrected chi connectivity index (χ0v) is 10.4. The summed E-state index contributed by atoms with van der Waals surface area (Å²) < 4.78 is 40.0. The summed E-state index contributed by atoms with van der Waals surface area (Å²) in [7, 11) is 0. The van der Waals surface area contributed by atoms with E-state index in [-0.39, 0.29) is 11.1 Å². The third-order valence-electron chi connectivity index (χ3n) is 2.91. The lowest BCUT2D eigenvalue weighted by atomic mass is 9.89. The highest BCUT2D eigenvalue weighted by atomic mass is 19.4. The fourth-order valence-electron chi connectivity index (χ4n) is 2.04. The van der Waals surface area contributed by atoms with Crippen molar-refractivity contribution in [2.24, 2.45) is 5.16 Å². The van der Waals surface area contributed by atoms with Crippen LogP contribution in [0.5, 0.6) is 0 Å². The Kier molecular flexibility index (Phi) is 4.08. The van der Waals surface area contributed by atoms with Crippen LogP contribution in [0.4, 0.5) is 13.2 Å². The molecular weight excluding hydrogens is 267 g/mol. The third-order valence-corrected chi connectivity index (χ3v) is 2.91. The molecule has 0 unspecified atom stereocenters. The van der Waals surface area contributed by atoms with Crippen LogP contribution in [0.2, 0.25) is 0 Å². The van der Waals surface area contributed by atoms with Crippen LogP contribution in [0.3, 0.4) is 0 Å². The molecule has 104 valence electrons. The van der Waals surface area contributed by atoms with Crippen LogP contribution in [-0.2, 0) is 0 Å². The second-order valence-corrected chi connectivity index (χ2v) is 4.24. The summed E-state index contributed by atoms with van der Waals surface area (Å²) in [6.45, 7) is 0. The van der Waals surface area contributed by atoms with Crippen molar-refractivity contribution >= 4 is 5.71 Å². The first-order chi connectivity index (χ1) is 9.54. The van der Waals surface area contributed by atoms with Gasteiger partial charge in [0.05, 0.1) is 0 Å². The van der Waals surface area contributed by atoms with Crippen molar-refractivity contribution in [3.8, 4) is 0 Å². The van der Waals surface area contributed by atoms with Crippen LogP contribution in [0.15, 0.2) is 65.8 Å². The summed E-state index contributed by atoms with van der Waals surface area (Å²) >= 11 is 0. The Bertz CT molecular complexity index is 579. The van der Waals surface area contributed by atoms with Gasteiger partial charge in [0.2, 0.25) is 0 Å². The molecule has 5 heteroatoms. The van der Waals surface area contributed by atoms with Gasteiger partial charge in [-0.3, -0.25) is 0 Å². The maximum Gasteiger partial charge on any atom is 0.401 e. The van der Waals surface area contributed by atoms with Crippen LogP contribution in [0, 0.1) is 0 Å². The molecule has 0 saturated carbocycles. The summed E-state index contributed by atoms with van der Waals surface area (Å²) in [4.78, 5) is 0. The number of benzene rings is 2. The molecule has 0 radical (unpaired) electrons. The van der Waals surface area contributed by atoms with Gasteiger partial charge in [0.25, 0.3) is 0 Å². The van der Waals surface area contributed by atoms with Crippen LogP contribution < -0.4 is 0 Å². The predicted octanol–water partition coefficient (Wildman–Crippen LogP) is 4.21. The fourth-order valence-corrected chi connectivity index (χ4v) is 2.04. The van der Waals surface area contributed by atoms with Crippen molar-refractivity contribution in [2.45, 2.75) is 12.1 Å². The van der Waals surface area contributed by atoms with Crippen molar-refractivity contribution < 1.29 is 18.4 Å². The van der Waals surface area contributed by atoms with Crippen LogP contribution in [0.1, 0.15) is 17.0 Å². The molecule has 20 heavy (non-hydrogen) atoms. The molecule has 1 N–H and O–H groups in total. The topological polar surface area (TPSA) is 32.6 Å². The minimum absolute atomic E-state index is 0.0386. The van der Waals surface area contributed by atoms with Gasteiger partial charge in [-0.05, 0) is 5.56 Å². The Labute approximate surface area is 114 Å². The standard InChI is InChI=1S/C15H12F3NO/c16-15(17,18)13(11-7-3-1-4-8-11)14(19-20)12-9-5-2-6-10-12/h1-10,13,20H/b19-14+/t13-/m0/s1. The molecule has 2 nitrogen and oxygen atoms in total. The Balaban J connectivity index is 2.52. The van der Waals surface area contributed by atoms with E-state index in [2.05, 4.69) is 5.16 Å². The average Bonchev–Trinajstić information content (AvgIpc) is 2.45. The van der Waals surface area contributed by atoms with E-state index in [9.17, 15) is 13.2 Å². The second-order valence-electron chi connectivity index (χ2n) is 4.24. The molecule has 0 aliphatic carbocycles. The maximum absolute atomic E-state index is 13.3. The molecule has 0 amide bonds. The van der Waals surface area contributed by atoms with Crippen molar-refractivity contribution in [3.05, 3.63) is 71.8 Å².